The number of aryl methyl sites for hydroxylation is 1. The second-order valence-corrected chi connectivity index (χ2v) is 4.17. The van der Waals surface area contributed by atoms with E-state index in [1.807, 2.05) is 0 Å². The molecular weight excluding hydrogens is 219 g/mol. The van der Waals surface area contributed by atoms with Crippen molar-refractivity contribution in [2.75, 3.05) is 0 Å². The lowest BCUT2D eigenvalue weighted by Crippen LogP contribution is -1.95. The second kappa shape index (κ2) is 3.16. The highest BCUT2D eigenvalue weighted by atomic mass is 35.5. The fourth-order valence-electron chi connectivity index (χ4n) is 0.877. The molecule has 0 saturated heterocycles. The number of phenolic OH excluding ortho intramolecular Hbond substituents is 1. The number of rotatable bonds is 1. The van der Waals surface area contributed by atoms with Crippen molar-refractivity contribution in [3.8, 4) is 5.75 Å². The van der Waals surface area contributed by atoms with Crippen LogP contribution in [-0.4, -0.2) is 13.5 Å². The van der Waals surface area contributed by atoms with Gasteiger partial charge in [0.15, 0.2) is 4.90 Å². The molecule has 1 rings (SSSR count). The molecule has 1 aromatic rings. The van der Waals surface area contributed by atoms with E-state index in [-0.39, 0.29) is 10.6 Å². The summed E-state index contributed by atoms with van der Waals surface area (Å²) in [4.78, 5) is -0.867. The molecule has 0 unspecified atom stereocenters. The van der Waals surface area contributed by atoms with Gasteiger partial charge in [-0.25, -0.2) is 0 Å². The van der Waals surface area contributed by atoms with Crippen LogP contribution in [0, 0.1) is 6.92 Å². The first-order valence-electron chi connectivity index (χ1n) is 3.27. The van der Waals surface area contributed by atoms with Gasteiger partial charge in [-0.05, 0) is 18.6 Å². The number of aromatic hydroxyl groups is 1. The number of hydrogen-bond donors (Lipinski definition) is 1. The number of hydrogen-bond acceptors (Lipinski definition) is 3. The molecule has 0 heterocycles. The molecule has 1 N–H and O–H groups in total. The van der Waals surface area contributed by atoms with Gasteiger partial charge in [-0.1, -0.05) is 17.7 Å². The van der Waals surface area contributed by atoms with E-state index in [1.165, 1.54) is 19.1 Å². The third kappa shape index (κ3) is 1.92. The molecule has 0 fully saturated rings. The summed E-state index contributed by atoms with van der Waals surface area (Å²) in [7, 11) is -4.97. The van der Waals surface area contributed by atoms with E-state index in [2.05, 4.69) is 0 Å². The Morgan fingerprint density at radius 2 is 2.00 bits per heavy atom. The summed E-state index contributed by atoms with van der Waals surface area (Å²) in [6.45, 7) is 1.44. The van der Waals surface area contributed by atoms with Gasteiger partial charge in [0.05, 0.1) is 5.02 Å². The van der Waals surface area contributed by atoms with Crippen molar-refractivity contribution in [2.24, 2.45) is 0 Å². The fourth-order valence-corrected chi connectivity index (χ4v) is 2.00. The second-order valence-electron chi connectivity index (χ2n) is 2.48. The van der Waals surface area contributed by atoms with Gasteiger partial charge < -0.3 is 5.11 Å². The monoisotopic (exact) mass is 224 g/mol. The summed E-state index contributed by atoms with van der Waals surface area (Å²) in [5.74, 6) is -0.644. The Labute approximate surface area is 80.0 Å². The minimum absolute atomic E-state index is 0.251. The van der Waals surface area contributed by atoms with Crippen molar-refractivity contribution in [1.82, 2.24) is 0 Å². The molecule has 0 spiro atoms. The van der Waals surface area contributed by atoms with Gasteiger partial charge in [-0.15, -0.1) is 3.89 Å². The summed E-state index contributed by atoms with van der Waals surface area (Å²) < 4.78 is 33.6. The van der Waals surface area contributed by atoms with Crippen LogP contribution in [0.25, 0.3) is 0 Å². The highest BCUT2D eigenvalue weighted by Gasteiger charge is 2.22. The Morgan fingerprint density at radius 1 is 1.46 bits per heavy atom. The molecule has 0 amide bonds. The minimum atomic E-state index is -4.97. The molecule has 0 aliphatic carbocycles. The molecular formula is C7H6ClFO3S. The van der Waals surface area contributed by atoms with Crippen LogP contribution in [-0.2, 0) is 10.2 Å². The number of benzene rings is 1. The van der Waals surface area contributed by atoms with Gasteiger partial charge >= 0.3 is 10.2 Å². The minimum Gasteiger partial charge on any atom is -0.506 e. The van der Waals surface area contributed by atoms with E-state index in [0.717, 1.165) is 0 Å². The molecule has 3 nitrogen and oxygen atoms in total. The summed E-state index contributed by atoms with van der Waals surface area (Å²) in [6, 6.07) is 2.61. The maximum atomic E-state index is 12.6. The Hall–Kier alpha value is -0.810. The van der Waals surface area contributed by atoms with Crippen molar-refractivity contribution in [2.45, 2.75) is 11.8 Å². The standard InChI is InChI=1S/C7H6ClFO3S/c1-4-2-3-5(8)7(6(4)10)13(9,11)12/h2-3,10H,1H3. The quantitative estimate of drug-likeness (QED) is 0.743. The van der Waals surface area contributed by atoms with Crippen molar-refractivity contribution < 1.29 is 17.4 Å². The van der Waals surface area contributed by atoms with Crippen LogP contribution >= 0.6 is 11.6 Å². The zero-order valence-corrected chi connectivity index (χ0v) is 8.16. The van der Waals surface area contributed by atoms with E-state index in [1.54, 1.807) is 0 Å². The van der Waals surface area contributed by atoms with Gasteiger partial charge in [0, 0.05) is 0 Å². The Balaban J connectivity index is 3.62. The maximum Gasteiger partial charge on any atom is 0.337 e. The molecule has 0 atom stereocenters. The van der Waals surface area contributed by atoms with Crippen LogP contribution in [0.5, 0.6) is 5.75 Å². The lowest BCUT2D eigenvalue weighted by atomic mass is 10.2. The number of halogens is 2. The van der Waals surface area contributed by atoms with E-state index in [0.29, 0.717) is 0 Å². The van der Waals surface area contributed by atoms with Crippen molar-refractivity contribution in [3.63, 3.8) is 0 Å². The van der Waals surface area contributed by atoms with Crippen LogP contribution in [0.4, 0.5) is 3.89 Å². The largest absolute Gasteiger partial charge is 0.506 e. The summed E-state index contributed by atoms with van der Waals surface area (Å²) in [5.41, 5.74) is 0.251. The maximum absolute atomic E-state index is 12.6. The topological polar surface area (TPSA) is 54.4 Å². The van der Waals surface area contributed by atoms with E-state index < -0.39 is 20.9 Å². The predicted octanol–water partition coefficient (Wildman–Crippen LogP) is 2.01. The van der Waals surface area contributed by atoms with E-state index in [4.69, 9.17) is 11.6 Å². The van der Waals surface area contributed by atoms with Crippen LogP contribution < -0.4 is 0 Å². The third-order valence-corrected chi connectivity index (χ3v) is 2.86. The SMILES string of the molecule is Cc1ccc(Cl)c(S(=O)(=O)F)c1O. The average molecular weight is 225 g/mol. The van der Waals surface area contributed by atoms with Gasteiger partial charge in [0.25, 0.3) is 0 Å². The zero-order chi connectivity index (χ0) is 10.2. The summed E-state index contributed by atoms with van der Waals surface area (Å²) in [6.07, 6.45) is 0. The average Bonchev–Trinajstić information content (AvgIpc) is 1.95. The zero-order valence-electron chi connectivity index (χ0n) is 6.58. The first-order chi connectivity index (χ1) is 5.84. The molecule has 72 valence electrons. The fraction of sp³-hybridized carbons (Fsp3) is 0.143. The van der Waals surface area contributed by atoms with E-state index in [9.17, 15) is 17.4 Å². The highest BCUT2D eigenvalue weighted by Crippen LogP contribution is 2.34. The molecule has 0 radical (unpaired) electrons. The summed E-state index contributed by atoms with van der Waals surface area (Å²) in [5, 5.41) is 8.88. The first kappa shape index (κ1) is 10.3. The molecule has 0 bridgehead atoms. The Bertz CT molecular complexity index is 441. The lowest BCUT2D eigenvalue weighted by Gasteiger charge is -2.04. The van der Waals surface area contributed by atoms with Crippen LogP contribution in [0.2, 0.25) is 5.02 Å². The van der Waals surface area contributed by atoms with Crippen molar-refractivity contribution in [1.29, 1.82) is 0 Å². The molecule has 0 aliphatic rings. The molecule has 0 aliphatic heterocycles. The van der Waals surface area contributed by atoms with Gasteiger partial charge in [0.2, 0.25) is 0 Å². The van der Waals surface area contributed by atoms with Crippen molar-refractivity contribution in [3.05, 3.63) is 22.7 Å². The smallest absolute Gasteiger partial charge is 0.337 e. The molecule has 13 heavy (non-hydrogen) atoms. The van der Waals surface area contributed by atoms with Gasteiger partial charge in [-0.2, -0.15) is 8.42 Å². The molecule has 6 heteroatoms. The summed E-state index contributed by atoms with van der Waals surface area (Å²) >= 11 is 5.41. The molecule has 0 aromatic heterocycles. The van der Waals surface area contributed by atoms with Gasteiger partial charge in [0.1, 0.15) is 5.75 Å². The van der Waals surface area contributed by atoms with Crippen LogP contribution in [0.15, 0.2) is 17.0 Å². The molecule has 1 aromatic carbocycles. The van der Waals surface area contributed by atoms with Gasteiger partial charge in [-0.3, -0.25) is 0 Å². The third-order valence-electron chi connectivity index (χ3n) is 1.53. The Kier molecular flexibility index (Phi) is 2.49. The van der Waals surface area contributed by atoms with Crippen molar-refractivity contribution >= 4 is 21.8 Å². The normalized spacial score (nSPS) is 11.6. The molecule has 0 saturated carbocycles. The Morgan fingerprint density at radius 3 is 2.38 bits per heavy atom. The lowest BCUT2D eigenvalue weighted by molar-refractivity contribution is 0.451. The van der Waals surface area contributed by atoms with Crippen LogP contribution in [0.3, 0.4) is 0 Å². The number of phenols is 1. The first-order valence-corrected chi connectivity index (χ1v) is 5.03. The highest BCUT2D eigenvalue weighted by molar-refractivity contribution is 7.86. The van der Waals surface area contributed by atoms with Crippen LogP contribution in [0.1, 0.15) is 5.56 Å². The van der Waals surface area contributed by atoms with E-state index >= 15 is 0 Å². The predicted molar refractivity (Wildman–Crippen MR) is 46.1 cm³/mol.